The van der Waals surface area contributed by atoms with Crippen LogP contribution in [0.25, 0.3) is 0 Å². The van der Waals surface area contributed by atoms with E-state index in [-0.39, 0.29) is 24.4 Å². The molecule has 5 nitrogen and oxygen atoms in total. The van der Waals surface area contributed by atoms with Gasteiger partial charge in [0.2, 0.25) is 11.8 Å². The maximum Gasteiger partial charge on any atom is 0.245 e. The molecule has 2 aliphatic rings. The Balaban J connectivity index is 2.03. The molecule has 2 amide bonds. The molecular weight excluding hydrogens is 240 g/mol. The van der Waals surface area contributed by atoms with Crippen molar-refractivity contribution < 1.29 is 13.8 Å². The predicted molar refractivity (Wildman–Crippen MR) is 64.9 cm³/mol. The molecule has 2 unspecified atom stereocenters. The SMILES string of the molecule is CS(=O)CCN1CC(=O)N2CCCCC2C1=O. The van der Waals surface area contributed by atoms with Gasteiger partial charge >= 0.3 is 0 Å². The maximum atomic E-state index is 12.2. The Labute approximate surface area is 104 Å². The van der Waals surface area contributed by atoms with Gasteiger partial charge in [0.05, 0.1) is 6.54 Å². The lowest BCUT2D eigenvalue weighted by atomic mass is 9.98. The van der Waals surface area contributed by atoms with Crippen LogP contribution in [-0.2, 0) is 20.4 Å². The Morgan fingerprint density at radius 1 is 1.35 bits per heavy atom. The van der Waals surface area contributed by atoms with E-state index in [2.05, 4.69) is 0 Å². The topological polar surface area (TPSA) is 57.7 Å². The minimum atomic E-state index is -0.922. The van der Waals surface area contributed by atoms with Crippen LogP contribution >= 0.6 is 0 Å². The van der Waals surface area contributed by atoms with Crippen LogP contribution < -0.4 is 0 Å². The lowest BCUT2D eigenvalue weighted by molar-refractivity contribution is -0.157. The fourth-order valence-corrected chi connectivity index (χ4v) is 2.94. The Morgan fingerprint density at radius 3 is 2.82 bits per heavy atom. The minimum absolute atomic E-state index is 0.0368. The molecule has 2 rings (SSSR count). The molecule has 0 N–H and O–H groups in total. The fraction of sp³-hybridized carbons (Fsp3) is 0.818. The molecule has 17 heavy (non-hydrogen) atoms. The summed E-state index contributed by atoms with van der Waals surface area (Å²) in [6.45, 7) is 1.30. The van der Waals surface area contributed by atoms with Crippen molar-refractivity contribution in [3.8, 4) is 0 Å². The Morgan fingerprint density at radius 2 is 2.12 bits per heavy atom. The number of piperazine rings is 1. The maximum absolute atomic E-state index is 12.2. The van der Waals surface area contributed by atoms with Gasteiger partial charge in [-0.15, -0.1) is 0 Å². The number of nitrogens with zero attached hydrogens (tertiary/aromatic N) is 2. The molecule has 0 aromatic carbocycles. The summed E-state index contributed by atoms with van der Waals surface area (Å²) in [5.74, 6) is 0.525. The highest BCUT2D eigenvalue weighted by Crippen LogP contribution is 2.22. The first kappa shape index (κ1) is 12.5. The van der Waals surface area contributed by atoms with Crippen molar-refractivity contribution in [1.29, 1.82) is 0 Å². The molecule has 0 saturated carbocycles. The summed E-state index contributed by atoms with van der Waals surface area (Å²) in [6, 6.07) is -0.254. The van der Waals surface area contributed by atoms with Gasteiger partial charge in [-0.05, 0) is 19.3 Å². The highest BCUT2D eigenvalue weighted by molar-refractivity contribution is 7.84. The van der Waals surface area contributed by atoms with E-state index in [9.17, 15) is 13.8 Å². The highest BCUT2D eigenvalue weighted by Gasteiger charge is 2.39. The number of carbonyl (C=O) groups is 2. The minimum Gasteiger partial charge on any atom is -0.331 e. The third-order valence-corrected chi connectivity index (χ3v) is 4.15. The summed E-state index contributed by atoms with van der Waals surface area (Å²) in [5.41, 5.74) is 0. The van der Waals surface area contributed by atoms with E-state index < -0.39 is 10.8 Å². The molecule has 0 spiro atoms. The molecule has 2 saturated heterocycles. The zero-order valence-corrected chi connectivity index (χ0v) is 10.9. The quantitative estimate of drug-likeness (QED) is 0.691. The van der Waals surface area contributed by atoms with Gasteiger partial charge in [0.1, 0.15) is 6.04 Å². The van der Waals surface area contributed by atoms with E-state index in [0.717, 1.165) is 19.3 Å². The van der Waals surface area contributed by atoms with Gasteiger partial charge in [0.25, 0.3) is 0 Å². The molecule has 2 atom stereocenters. The second kappa shape index (κ2) is 5.16. The van der Waals surface area contributed by atoms with Gasteiger partial charge in [-0.25, -0.2) is 0 Å². The summed E-state index contributed by atoms with van der Waals surface area (Å²) in [5, 5.41) is 0. The molecule has 2 heterocycles. The molecule has 96 valence electrons. The molecule has 2 aliphatic heterocycles. The first-order chi connectivity index (χ1) is 8.09. The smallest absolute Gasteiger partial charge is 0.245 e. The molecule has 0 radical (unpaired) electrons. The molecule has 0 aromatic rings. The average Bonchev–Trinajstić information content (AvgIpc) is 2.32. The lowest BCUT2D eigenvalue weighted by Crippen LogP contribution is -2.61. The Hall–Kier alpha value is -0.910. The van der Waals surface area contributed by atoms with Gasteiger partial charge in [0.15, 0.2) is 0 Å². The molecule has 6 heteroatoms. The van der Waals surface area contributed by atoms with Gasteiger partial charge in [-0.3, -0.25) is 13.8 Å². The average molecular weight is 258 g/mol. The van der Waals surface area contributed by atoms with Crippen molar-refractivity contribution >= 4 is 22.6 Å². The molecular formula is C11H18N2O3S. The second-order valence-corrected chi connectivity index (χ2v) is 6.19. The zero-order chi connectivity index (χ0) is 12.4. The van der Waals surface area contributed by atoms with Gasteiger partial charge in [-0.2, -0.15) is 0 Å². The van der Waals surface area contributed by atoms with E-state index >= 15 is 0 Å². The zero-order valence-electron chi connectivity index (χ0n) is 10.1. The summed E-state index contributed by atoms with van der Waals surface area (Å²) in [4.78, 5) is 27.3. The molecule has 0 aliphatic carbocycles. The first-order valence-electron chi connectivity index (χ1n) is 5.98. The van der Waals surface area contributed by atoms with Crippen molar-refractivity contribution in [1.82, 2.24) is 9.80 Å². The number of carbonyl (C=O) groups excluding carboxylic acids is 2. The number of hydrogen-bond acceptors (Lipinski definition) is 3. The predicted octanol–water partition coefficient (Wildman–Crippen LogP) is -0.412. The van der Waals surface area contributed by atoms with Crippen molar-refractivity contribution in [2.45, 2.75) is 25.3 Å². The van der Waals surface area contributed by atoms with Crippen molar-refractivity contribution in [3.63, 3.8) is 0 Å². The van der Waals surface area contributed by atoms with E-state index in [4.69, 9.17) is 0 Å². The number of rotatable bonds is 3. The number of hydrogen-bond donors (Lipinski definition) is 0. The van der Waals surface area contributed by atoms with Crippen LogP contribution in [-0.4, -0.2) is 63.5 Å². The van der Waals surface area contributed by atoms with E-state index in [0.29, 0.717) is 18.8 Å². The Bertz CT molecular complexity index is 359. The third kappa shape index (κ3) is 2.68. The summed E-state index contributed by atoms with van der Waals surface area (Å²) >= 11 is 0. The highest BCUT2D eigenvalue weighted by atomic mass is 32.2. The summed E-state index contributed by atoms with van der Waals surface area (Å²) in [7, 11) is -0.922. The van der Waals surface area contributed by atoms with Gasteiger partial charge < -0.3 is 9.80 Å². The standard InChI is InChI=1S/C11H18N2O3S/c1-17(16)7-6-12-8-10(14)13-5-3-2-4-9(13)11(12)15/h9H,2-8H2,1H3. The first-order valence-corrected chi connectivity index (χ1v) is 7.70. The van der Waals surface area contributed by atoms with Crippen LogP contribution in [0.5, 0.6) is 0 Å². The number of fused-ring (bicyclic) bond motifs is 1. The van der Waals surface area contributed by atoms with Crippen molar-refractivity contribution in [2.24, 2.45) is 0 Å². The number of piperidine rings is 1. The van der Waals surface area contributed by atoms with Crippen LogP contribution in [0.1, 0.15) is 19.3 Å². The summed E-state index contributed by atoms with van der Waals surface area (Å²) in [6.07, 6.45) is 4.39. The van der Waals surface area contributed by atoms with E-state index in [1.165, 1.54) is 0 Å². The monoisotopic (exact) mass is 258 g/mol. The van der Waals surface area contributed by atoms with Crippen LogP contribution in [0.3, 0.4) is 0 Å². The largest absolute Gasteiger partial charge is 0.331 e. The normalized spacial score (nSPS) is 27.0. The fourth-order valence-electron chi connectivity index (χ4n) is 2.46. The summed E-state index contributed by atoms with van der Waals surface area (Å²) < 4.78 is 11.0. The van der Waals surface area contributed by atoms with Crippen LogP contribution in [0.2, 0.25) is 0 Å². The van der Waals surface area contributed by atoms with Crippen molar-refractivity contribution in [3.05, 3.63) is 0 Å². The number of amides is 2. The third-order valence-electron chi connectivity index (χ3n) is 3.39. The van der Waals surface area contributed by atoms with Crippen LogP contribution in [0.4, 0.5) is 0 Å². The van der Waals surface area contributed by atoms with Gasteiger partial charge in [-0.1, -0.05) is 0 Å². The van der Waals surface area contributed by atoms with E-state index in [1.807, 2.05) is 0 Å². The second-order valence-electron chi connectivity index (χ2n) is 4.64. The molecule has 2 fully saturated rings. The van der Waals surface area contributed by atoms with E-state index in [1.54, 1.807) is 16.1 Å². The van der Waals surface area contributed by atoms with Crippen LogP contribution in [0.15, 0.2) is 0 Å². The van der Waals surface area contributed by atoms with Gasteiger partial charge in [0, 0.05) is 35.9 Å². The Kier molecular flexibility index (Phi) is 3.81. The van der Waals surface area contributed by atoms with Crippen molar-refractivity contribution in [2.75, 3.05) is 31.6 Å². The van der Waals surface area contributed by atoms with Crippen LogP contribution in [0, 0.1) is 0 Å². The molecule has 0 aromatic heterocycles. The molecule has 0 bridgehead atoms. The lowest BCUT2D eigenvalue weighted by Gasteiger charge is -2.42.